The molecule has 3 heterocycles. The summed E-state index contributed by atoms with van der Waals surface area (Å²) in [5.41, 5.74) is 1.65. The second-order valence-electron chi connectivity index (χ2n) is 7.08. The van der Waals surface area contributed by atoms with E-state index in [0.717, 1.165) is 31.6 Å². The van der Waals surface area contributed by atoms with E-state index in [-0.39, 0.29) is 17.8 Å². The average Bonchev–Trinajstić information content (AvgIpc) is 3.10. The molecule has 2 fully saturated rings. The quantitative estimate of drug-likeness (QED) is 0.889. The van der Waals surface area contributed by atoms with Crippen LogP contribution in [0.3, 0.4) is 0 Å². The number of nitrogens with zero attached hydrogens (tertiary/aromatic N) is 4. The van der Waals surface area contributed by atoms with Gasteiger partial charge in [0.1, 0.15) is 11.9 Å². The second kappa shape index (κ2) is 7.74. The monoisotopic (exact) mass is 373 g/mol. The van der Waals surface area contributed by atoms with Crippen molar-refractivity contribution in [1.29, 1.82) is 0 Å². The van der Waals surface area contributed by atoms with Crippen molar-refractivity contribution in [3.8, 4) is 0 Å². The number of aromatic nitrogens is 3. The molecule has 2 aromatic rings. The fourth-order valence-electron chi connectivity index (χ4n) is 3.84. The van der Waals surface area contributed by atoms with E-state index in [1.54, 1.807) is 23.1 Å². The predicted octanol–water partition coefficient (Wildman–Crippen LogP) is 1.86. The normalized spacial score (nSPS) is 21.4. The smallest absolute Gasteiger partial charge is 0.276 e. The fraction of sp³-hybridized carbons (Fsp3) is 0.526. The zero-order valence-corrected chi connectivity index (χ0v) is 15.4. The maximum atomic E-state index is 14.1. The molecule has 1 aromatic heterocycles. The van der Waals surface area contributed by atoms with E-state index in [1.165, 1.54) is 6.07 Å². The van der Waals surface area contributed by atoms with E-state index in [2.05, 4.69) is 15.6 Å². The molecular weight excluding hydrogens is 349 g/mol. The minimum absolute atomic E-state index is 0.169. The third-order valence-electron chi connectivity index (χ3n) is 5.39. The van der Waals surface area contributed by atoms with Crippen LogP contribution < -0.4 is 5.32 Å². The van der Waals surface area contributed by atoms with Crippen LogP contribution in [-0.2, 0) is 4.74 Å². The van der Waals surface area contributed by atoms with Crippen molar-refractivity contribution in [2.45, 2.75) is 31.9 Å². The molecule has 0 saturated carbocycles. The highest BCUT2D eigenvalue weighted by atomic mass is 19.1. The second-order valence-corrected chi connectivity index (χ2v) is 7.08. The molecule has 2 aliphatic rings. The van der Waals surface area contributed by atoms with Crippen LogP contribution in [0.15, 0.2) is 24.3 Å². The van der Waals surface area contributed by atoms with Crippen molar-refractivity contribution in [2.75, 3.05) is 32.8 Å². The van der Waals surface area contributed by atoms with Crippen LogP contribution in [0.5, 0.6) is 0 Å². The Morgan fingerprint density at radius 3 is 2.85 bits per heavy atom. The summed E-state index contributed by atoms with van der Waals surface area (Å²) < 4.78 is 21.7. The molecule has 0 bridgehead atoms. The zero-order valence-electron chi connectivity index (χ0n) is 15.4. The number of nitrogens with one attached hydrogen (secondary N) is 1. The average molecular weight is 373 g/mol. The van der Waals surface area contributed by atoms with E-state index in [0.29, 0.717) is 31.0 Å². The third kappa shape index (κ3) is 3.59. The molecule has 0 spiro atoms. The number of carbonyl (C=O) groups is 1. The van der Waals surface area contributed by atoms with Gasteiger partial charge in [-0.25, -0.2) is 9.07 Å². The highest BCUT2D eigenvalue weighted by molar-refractivity contribution is 5.93. The van der Waals surface area contributed by atoms with Gasteiger partial charge in [-0.3, -0.25) is 4.79 Å². The van der Waals surface area contributed by atoms with Crippen LogP contribution >= 0.6 is 0 Å². The molecular formula is C19H24FN5O2. The number of morpholine rings is 1. The first-order valence-corrected chi connectivity index (χ1v) is 9.43. The van der Waals surface area contributed by atoms with Crippen molar-refractivity contribution >= 4 is 5.91 Å². The summed E-state index contributed by atoms with van der Waals surface area (Å²) >= 11 is 0. The first kappa shape index (κ1) is 18.1. The molecule has 1 N–H and O–H groups in total. The summed E-state index contributed by atoms with van der Waals surface area (Å²) in [5.74, 6) is -0.484. The van der Waals surface area contributed by atoms with Crippen LogP contribution in [-0.4, -0.2) is 58.6 Å². The number of hydrogen-bond donors (Lipinski definition) is 1. The first-order valence-electron chi connectivity index (χ1n) is 9.43. The van der Waals surface area contributed by atoms with Gasteiger partial charge in [-0.15, -0.1) is 5.10 Å². The summed E-state index contributed by atoms with van der Waals surface area (Å²) in [6.45, 7) is 4.92. The third-order valence-corrected chi connectivity index (χ3v) is 5.39. The maximum Gasteiger partial charge on any atom is 0.276 e. The van der Waals surface area contributed by atoms with Gasteiger partial charge in [-0.2, -0.15) is 0 Å². The highest BCUT2D eigenvalue weighted by Crippen LogP contribution is 2.26. The van der Waals surface area contributed by atoms with Gasteiger partial charge < -0.3 is 15.0 Å². The topological polar surface area (TPSA) is 72.3 Å². The Balaban J connectivity index is 1.51. The standard InChI is InChI=1S/C19H24FN5O2/c1-13-18(22-23-25(13)14-6-8-21-9-7-14)19(26)24-10-11-27-17(12-24)15-4-2-3-5-16(15)20/h2-5,14,17,21H,6-12H2,1H3/t17-/m1/s1. The van der Waals surface area contributed by atoms with Gasteiger partial charge in [0.2, 0.25) is 0 Å². The van der Waals surface area contributed by atoms with E-state index in [1.807, 2.05) is 11.6 Å². The van der Waals surface area contributed by atoms with Crippen LogP contribution in [0, 0.1) is 12.7 Å². The Kier molecular flexibility index (Phi) is 5.18. The van der Waals surface area contributed by atoms with Crippen molar-refractivity contribution in [1.82, 2.24) is 25.2 Å². The Morgan fingerprint density at radius 2 is 2.07 bits per heavy atom. The largest absolute Gasteiger partial charge is 0.370 e. The van der Waals surface area contributed by atoms with Crippen molar-refractivity contribution < 1.29 is 13.9 Å². The van der Waals surface area contributed by atoms with Gasteiger partial charge in [-0.05, 0) is 38.9 Å². The molecule has 8 heteroatoms. The Labute approximate surface area is 157 Å². The number of ether oxygens (including phenoxy) is 1. The van der Waals surface area contributed by atoms with E-state index < -0.39 is 6.10 Å². The van der Waals surface area contributed by atoms with E-state index in [9.17, 15) is 9.18 Å². The molecule has 0 aliphatic carbocycles. The molecule has 7 nitrogen and oxygen atoms in total. The minimum Gasteiger partial charge on any atom is -0.370 e. The number of amides is 1. The van der Waals surface area contributed by atoms with Gasteiger partial charge in [0, 0.05) is 12.1 Å². The minimum atomic E-state index is -0.469. The summed E-state index contributed by atoms with van der Waals surface area (Å²) in [6, 6.07) is 6.81. The van der Waals surface area contributed by atoms with Gasteiger partial charge in [0.15, 0.2) is 5.69 Å². The Hall–Kier alpha value is -2.32. The van der Waals surface area contributed by atoms with Crippen LogP contribution in [0.1, 0.15) is 46.7 Å². The van der Waals surface area contributed by atoms with Crippen molar-refractivity contribution in [3.63, 3.8) is 0 Å². The molecule has 1 aromatic carbocycles. The lowest BCUT2D eigenvalue weighted by molar-refractivity contribution is -0.0245. The molecule has 2 saturated heterocycles. The maximum absolute atomic E-state index is 14.1. The van der Waals surface area contributed by atoms with Gasteiger partial charge >= 0.3 is 0 Å². The SMILES string of the molecule is Cc1c(C(=O)N2CCO[C@@H](c3ccccc3F)C2)nnn1C1CCNCC1. The lowest BCUT2D eigenvalue weighted by atomic mass is 10.1. The summed E-state index contributed by atoms with van der Waals surface area (Å²) in [5, 5.41) is 11.7. The van der Waals surface area contributed by atoms with Gasteiger partial charge in [0.05, 0.1) is 24.9 Å². The molecule has 1 amide bonds. The molecule has 0 unspecified atom stereocenters. The molecule has 4 rings (SSSR count). The number of hydrogen-bond acceptors (Lipinski definition) is 5. The lowest BCUT2D eigenvalue weighted by Crippen LogP contribution is -2.42. The van der Waals surface area contributed by atoms with Crippen LogP contribution in [0.4, 0.5) is 4.39 Å². The van der Waals surface area contributed by atoms with Crippen LogP contribution in [0.25, 0.3) is 0 Å². The number of carbonyl (C=O) groups excluding carboxylic acids is 1. The van der Waals surface area contributed by atoms with Gasteiger partial charge in [-0.1, -0.05) is 23.4 Å². The molecule has 144 valence electrons. The zero-order chi connectivity index (χ0) is 18.8. The molecule has 27 heavy (non-hydrogen) atoms. The Bertz CT molecular complexity index is 818. The number of benzene rings is 1. The summed E-state index contributed by atoms with van der Waals surface area (Å²) in [4.78, 5) is 14.7. The summed E-state index contributed by atoms with van der Waals surface area (Å²) in [6.07, 6.45) is 1.49. The summed E-state index contributed by atoms with van der Waals surface area (Å²) in [7, 11) is 0. The lowest BCUT2D eigenvalue weighted by Gasteiger charge is -2.33. The molecule has 2 aliphatic heterocycles. The van der Waals surface area contributed by atoms with E-state index in [4.69, 9.17) is 4.74 Å². The van der Waals surface area contributed by atoms with Crippen LogP contribution in [0.2, 0.25) is 0 Å². The van der Waals surface area contributed by atoms with Gasteiger partial charge in [0.25, 0.3) is 5.91 Å². The number of rotatable bonds is 3. The number of halogens is 1. The van der Waals surface area contributed by atoms with E-state index >= 15 is 0 Å². The Morgan fingerprint density at radius 1 is 1.30 bits per heavy atom. The molecule has 0 radical (unpaired) electrons. The van der Waals surface area contributed by atoms with Crippen molar-refractivity contribution in [3.05, 3.63) is 47.0 Å². The predicted molar refractivity (Wildman–Crippen MR) is 96.9 cm³/mol. The fourth-order valence-corrected chi connectivity index (χ4v) is 3.84. The highest BCUT2D eigenvalue weighted by Gasteiger charge is 2.31. The number of piperidine rings is 1. The first-order chi connectivity index (χ1) is 13.1. The molecule has 1 atom stereocenters. The van der Waals surface area contributed by atoms with Crippen molar-refractivity contribution in [2.24, 2.45) is 0 Å².